The molecule has 2 amide bonds. The van der Waals surface area contributed by atoms with E-state index in [1.54, 1.807) is 49.3 Å². The summed E-state index contributed by atoms with van der Waals surface area (Å²) < 4.78 is 14.4. The van der Waals surface area contributed by atoms with Crippen LogP contribution >= 0.6 is 15.9 Å². The van der Waals surface area contributed by atoms with Crippen molar-refractivity contribution in [3.05, 3.63) is 52.9 Å². The van der Waals surface area contributed by atoms with Crippen molar-refractivity contribution < 1.29 is 14.0 Å². The molecule has 0 bridgehead atoms. The normalized spacial score (nSPS) is 11.9. The third-order valence-electron chi connectivity index (χ3n) is 3.56. The minimum Gasteiger partial charge on any atom is -0.322 e. The van der Waals surface area contributed by atoms with Crippen molar-refractivity contribution >= 4 is 39.2 Å². The lowest BCUT2D eigenvalue weighted by molar-refractivity contribution is -0.122. The largest absolute Gasteiger partial charge is 0.322 e. The van der Waals surface area contributed by atoms with Gasteiger partial charge in [-0.05, 0) is 54.2 Å². The molecule has 0 saturated heterocycles. The zero-order valence-electron chi connectivity index (χ0n) is 13.8. The number of aromatic nitrogens is 1. The molecule has 1 heterocycles. The Hall–Kier alpha value is -2.32. The van der Waals surface area contributed by atoms with Crippen LogP contribution in [-0.2, 0) is 9.59 Å². The number of hydrogen-bond acceptors (Lipinski definition) is 4. The van der Waals surface area contributed by atoms with Gasteiger partial charge in [0.2, 0.25) is 11.8 Å². The van der Waals surface area contributed by atoms with Crippen LogP contribution in [0.15, 0.2) is 47.1 Å². The minimum absolute atomic E-state index is 0.0103. The number of pyridine rings is 1. The van der Waals surface area contributed by atoms with Crippen LogP contribution < -0.4 is 10.6 Å². The summed E-state index contributed by atoms with van der Waals surface area (Å²) in [7, 11) is 1.64. The van der Waals surface area contributed by atoms with Crippen molar-refractivity contribution in [2.24, 2.45) is 0 Å². The van der Waals surface area contributed by atoms with Crippen LogP contribution in [0, 0.1) is 5.82 Å². The molecule has 2 aromatic rings. The molecule has 1 aromatic heterocycles. The number of hydrogen-bond donors (Lipinski definition) is 2. The quantitative estimate of drug-likeness (QED) is 0.770. The number of anilines is 2. The molecule has 0 aliphatic rings. The molecular formula is C17H18BrFN4O2. The monoisotopic (exact) mass is 408 g/mol. The van der Waals surface area contributed by atoms with E-state index in [-0.39, 0.29) is 18.1 Å². The van der Waals surface area contributed by atoms with E-state index in [9.17, 15) is 14.0 Å². The SMILES string of the molecule is CC(C(=O)Nc1ccccc1F)N(C)CC(=O)Nc1ccc(Br)cn1. The lowest BCUT2D eigenvalue weighted by Gasteiger charge is -2.23. The van der Waals surface area contributed by atoms with E-state index < -0.39 is 17.8 Å². The van der Waals surface area contributed by atoms with Gasteiger partial charge in [-0.3, -0.25) is 14.5 Å². The van der Waals surface area contributed by atoms with E-state index >= 15 is 0 Å². The molecule has 2 N–H and O–H groups in total. The Bertz CT molecular complexity index is 755. The summed E-state index contributed by atoms with van der Waals surface area (Å²) in [5.41, 5.74) is 0.108. The molecule has 1 unspecified atom stereocenters. The number of likely N-dealkylation sites (N-methyl/N-ethyl adjacent to an activating group) is 1. The van der Waals surface area contributed by atoms with Gasteiger partial charge in [0, 0.05) is 10.7 Å². The van der Waals surface area contributed by atoms with E-state index in [2.05, 4.69) is 31.5 Å². The average Bonchev–Trinajstić information content (AvgIpc) is 2.58. The van der Waals surface area contributed by atoms with Crippen molar-refractivity contribution in [3.63, 3.8) is 0 Å². The van der Waals surface area contributed by atoms with E-state index in [0.717, 1.165) is 4.47 Å². The van der Waals surface area contributed by atoms with Crippen LogP contribution in [0.1, 0.15) is 6.92 Å². The molecule has 0 aliphatic heterocycles. The predicted octanol–water partition coefficient (Wildman–Crippen LogP) is 2.88. The van der Waals surface area contributed by atoms with Gasteiger partial charge in [-0.2, -0.15) is 0 Å². The lowest BCUT2D eigenvalue weighted by Crippen LogP contribution is -2.43. The van der Waals surface area contributed by atoms with Crippen molar-refractivity contribution in [2.75, 3.05) is 24.2 Å². The van der Waals surface area contributed by atoms with Crippen molar-refractivity contribution in [3.8, 4) is 0 Å². The average molecular weight is 409 g/mol. The first kappa shape index (κ1) is 19.0. The maximum absolute atomic E-state index is 13.6. The Balaban J connectivity index is 1.89. The molecule has 2 rings (SSSR count). The number of carbonyl (C=O) groups is 2. The van der Waals surface area contributed by atoms with Crippen LogP contribution in [-0.4, -0.2) is 41.3 Å². The summed E-state index contributed by atoms with van der Waals surface area (Å²) in [5, 5.41) is 5.16. The first-order chi connectivity index (χ1) is 11.9. The Kier molecular flexibility index (Phi) is 6.60. The molecule has 0 spiro atoms. The summed E-state index contributed by atoms with van der Waals surface area (Å²) in [6, 6.07) is 8.72. The molecule has 1 atom stereocenters. The number of nitrogens with one attached hydrogen (secondary N) is 2. The maximum atomic E-state index is 13.6. The first-order valence-corrected chi connectivity index (χ1v) is 8.33. The number of para-hydroxylation sites is 1. The fourth-order valence-corrected chi connectivity index (χ4v) is 2.23. The van der Waals surface area contributed by atoms with E-state index in [0.29, 0.717) is 5.82 Å². The molecule has 0 radical (unpaired) electrons. The van der Waals surface area contributed by atoms with E-state index in [4.69, 9.17) is 0 Å². The van der Waals surface area contributed by atoms with Gasteiger partial charge in [0.1, 0.15) is 11.6 Å². The third-order valence-corrected chi connectivity index (χ3v) is 4.03. The van der Waals surface area contributed by atoms with Gasteiger partial charge in [-0.15, -0.1) is 0 Å². The predicted molar refractivity (Wildman–Crippen MR) is 97.7 cm³/mol. The van der Waals surface area contributed by atoms with Crippen molar-refractivity contribution in [1.29, 1.82) is 0 Å². The number of carbonyl (C=O) groups excluding carboxylic acids is 2. The van der Waals surface area contributed by atoms with Crippen molar-refractivity contribution in [2.45, 2.75) is 13.0 Å². The van der Waals surface area contributed by atoms with Gasteiger partial charge < -0.3 is 10.6 Å². The highest BCUT2D eigenvalue weighted by molar-refractivity contribution is 9.10. The zero-order chi connectivity index (χ0) is 18.4. The second-order valence-electron chi connectivity index (χ2n) is 5.47. The van der Waals surface area contributed by atoms with Gasteiger partial charge in [-0.1, -0.05) is 12.1 Å². The van der Waals surface area contributed by atoms with Crippen LogP contribution in [0.5, 0.6) is 0 Å². The third kappa shape index (κ3) is 5.61. The first-order valence-electron chi connectivity index (χ1n) is 7.54. The second-order valence-corrected chi connectivity index (χ2v) is 6.39. The molecule has 1 aromatic carbocycles. The number of nitrogens with zero attached hydrogens (tertiary/aromatic N) is 2. The Morgan fingerprint density at radius 3 is 2.60 bits per heavy atom. The van der Waals surface area contributed by atoms with Crippen LogP contribution in [0.25, 0.3) is 0 Å². The molecule has 25 heavy (non-hydrogen) atoms. The highest BCUT2D eigenvalue weighted by atomic mass is 79.9. The van der Waals surface area contributed by atoms with Crippen LogP contribution in [0.2, 0.25) is 0 Å². The fourth-order valence-electron chi connectivity index (χ4n) is 2.00. The molecule has 6 nitrogen and oxygen atoms in total. The smallest absolute Gasteiger partial charge is 0.241 e. The minimum atomic E-state index is -0.622. The van der Waals surface area contributed by atoms with E-state index in [1.165, 1.54) is 12.1 Å². The molecule has 132 valence electrons. The van der Waals surface area contributed by atoms with Crippen LogP contribution in [0.4, 0.5) is 15.9 Å². The summed E-state index contributed by atoms with van der Waals surface area (Å²) >= 11 is 3.26. The van der Waals surface area contributed by atoms with Gasteiger partial charge in [0.25, 0.3) is 0 Å². The standard InChI is InChI=1S/C17H18BrFN4O2/c1-11(17(25)21-14-6-4-3-5-13(14)19)23(2)10-16(24)22-15-8-7-12(18)9-20-15/h3-9,11H,10H2,1-2H3,(H,21,25)(H,20,22,24). The Morgan fingerprint density at radius 1 is 1.24 bits per heavy atom. The molecular weight excluding hydrogens is 391 g/mol. The summed E-state index contributed by atoms with van der Waals surface area (Å²) in [6.07, 6.45) is 1.57. The van der Waals surface area contributed by atoms with Gasteiger partial charge in [0.05, 0.1) is 18.3 Å². The number of amides is 2. The molecule has 8 heteroatoms. The highest BCUT2D eigenvalue weighted by Gasteiger charge is 2.21. The summed E-state index contributed by atoms with van der Waals surface area (Å²) in [5.74, 6) is -0.792. The molecule has 0 aliphatic carbocycles. The zero-order valence-corrected chi connectivity index (χ0v) is 15.4. The van der Waals surface area contributed by atoms with Crippen molar-refractivity contribution in [1.82, 2.24) is 9.88 Å². The summed E-state index contributed by atoms with van der Waals surface area (Å²) in [6.45, 7) is 1.63. The van der Waals surface area contributed by atoms with Gasteiger partial charge in [0.15, 0.2) is 0 Å². The van der Waals surface area contributed by atoms with Gasteiger partial charge in [-0.25, -0.2) is 9.37 Å². The fraction of sp³-hybridized carbons (Fsp3) is 0.235. The molecule has 0 fully saturated rings. The lowest BCUT2D eigenvalue weighted by atomic mass is 10.2. The highest BCUT2D eigenvalue weighted by Crippen LogP contribution is 2.14. The Morgan fingerprint density at radius 2 is 1.96 bits per heavy atom. The van der Waals surface area contributed by atoms with E-state index in [1.807, 2.05) is 0 Å². The Labute approximate surface area is 153 Å². The van der Waals surface area contributed by atoms with Crippen LogP contribution in [0.3, 0.4) is 0 Å². The van der Waals surface area contributed by atoms with Gasteiger partial charge >= 0.3 is 0 Å². The topological polar surface area (TPSA) is 74.3 Å². The number of halogens is 2. The second kappa shape index (κ2) is 8.68. The number of rotatable bonds is 6. The summed E-state index contributed by atoms with van der Waals surface area (Å²) in [4.78, 5) is 29.9. The number of benzene rings is 1. The molecule has 0 saturated carbocycles. The maximum Gasteiger partial charge on any atom is 0.241 e.